The second-order valence-electron chi connectivity index (χ2n) is 4.25. The van der Waals surface area contributed by atoms with Gasteiger partial charge in [0.25, 0.3) is 0 Å². The largest absolute Gasteiger partial charge is 0.489 e. The molecule has 0 fully saturated rings. The number of nitrogen functional groups attached to an aromatic ring is 1. The Morgan fingerprint density at radius 2 is 1.90 bits per heavy atom. The van der Waals surface area contributed by atoms with Crippen LogP contribution in [-0.4, -0.2) is 48.2 Å². The topological polar surface area (TPSA) is 87.9 Å². The molecule has 2 N–H and O–H groups in total. The molecule has 0 atom stereocenters. The van der Waals surface area contributed by atoms with E-state index in [-0.39, 0.29) is 10.6 Å². The third kappa shape index (κ3) is 5.36. The van der Waals surface area contributed by atoms with Gasteiger partial charge in [-0.05, 0) is 18.6 Å². The van der Waals surface area contributed by atoms with E-state index >= 15 is 0 Å². The lowest BCUT2D eigenvalue weighted by Gasteiger charge is -2.11. The molecule has 0 amide bonds. The third-order valence-electron chi connectivity index (χ3n) is 2.55. The van der Waals surface area contributed by atoms with Gasteiger partial charge in [-0.3, -0.25) is 0 Å². The molecule has 1 aromatic rings. The normalized spacial score (nSPS) is 11.5. The van der Waals surface area contributed by atoms with Crippen molar-refractivity contribution in [2.75, 3.05) is 45.5 Å². The number of ether oxygens (including phenoxy) is 3. The van der Waals surface area contributed by atoms with E-state index in [0.717, 1.165) is 12.7 Å². The molecule has 0 unspecified atom stereocenters. The molecule has 0 radical (unpaired) electrons. The summed E-state index contributed by atoms with van der Waals surface area (Å²) in [5, 5.41) is 0. The lowest BCUT2D eigenvalue weighted by atomic mass is 10.3. The van der Waals surface area contributed by atoms with Crippen LogP contribution < -0.4 is 10.5 Å². The second kappa shape index (κ2) is 8.08. The van der Waals surface area contributed by atoms with Gasteiger partial charge in [-0.15, -0.1) is 0 Å². The Bertz CT molecular complexity index is 515. The maximum atomic E-state index is 11.5. The first-order valence-electron chi connectivity index (χ1n) is 6.25. The van der Waals surface area contributed by atoms with Crippen LogP contribution in [0.25, 0.3) is 0 Å². The van der Waals surface area contributed by atoms with Crippen molar-refractivity contribution in [2.45, 2.75) is 11.3 Å². The van der Waals surface area contributed by atoms with Crippen LogP contribution >= 0.6 is 0 Å². The minimum absolute atomic E-state index is 0.0796. The summed E-state index contributed by atoms with van der Waals surface area (Å²) in [6.07, 6.45) is 1.93. The summed E-state index contributed by atoms with van der Waals surface area (Å²) in [4.78, 5) is 0.0796. The second-order valence-corrected chi connectivity index (χ2v) is 6.23. The van der Waals surface area contributed by atoms with Crippen LogP contribution in [-0.2, 0) is 19.3 Å². The molecule has 0 aliphatic rings. The van der Waals surface area contributed by atoms with Crippen molar-refractivity contribution < 1.29 is 22.6 Å². The first-order chi connectivity index (χ1) is 9.46. The highest BCUT2D eigenvalue weighted by atomic mass is 32.2. The standard InChI is InChI=1S/C13H21NO5S/c1-17-7-4-8-18-9-10-19-11-5-3-6-12(13(11)14)20(2,15)16/h3,5-6H,4,7-10,14H2,1-2H3. The van der Waals surface area contributed by atoms with Crippen molar-refractivity contribution in [3.63, 3.8) is 0 Å². The zero-order valence-corrected chi connectivity index (χ0v) is 12.6. The van der Waals surface area contributed by atoms with Crippen molar-refractivity contribution in [3.8, 4) is 5.75 Å². The van der Waals surface area contributed by atoms with Crippen molar-refractivity contribution in [2.24, 2.45) is 0 Å². The molecule has 1 rings (SSSR count). The summed E-state index contributed by atoms with van der Waals surface area (Å²) in [5.74, 6) is 0.355. The van der Waals surface area contributed by atoms with E-state index in [4.69, 9.17) is 19.9 Å². The minimum atomic E-state index is -3.35. The highest BCUT2D eigenvalue weighted by Crippen LogP contribution is 2.28. The number of methoxy groups -OCH3 is 1. The average molecular weight is 303 g/mol. The van der Waals surface area contributed by atoms with Crippen LogP contribution in [0.4, 0.5) is 5.69 Å². The Kier molecular flexibility index (Phi) is 6.77. The van der Waals surface area contributed by atoms with Gasteiger partial charge in [0.2, 0.25) is 0 Å². The van der Waals surface area contributed by atoms with E-state index < -0.39 is 9.84 Å². The van der Waals surface area contributed by atoms with Gasteiger partial charge in [-0.25, -0.2) is 8.42 Å². The molecule has 0 saturated heterocycles. The number of hydrogen-bond donors (Lipinski definition) is 1. The zero-order valence-electron chi connectivity index (χ0n) is 11.8. The van der Waals surface area contributed by atoms with Gasteiger partial charge in [0.15, 0.2) is 9.84 Å². The quantitative estimate of drug-likeness (QED) is 0.543. The molecule has 0 aliphatic carbocycles. The van der Waals surface area contributed by atoms with Crippen LogP contribution in [0.2, 0.25) is 0 Å². The number of sulfone groups is 1. The number of benzene rings is 1. The molecule has 6 nitrogen and oxygen atoms in total. The van der Waals surface area contributed by atoms with Gasteiger partial charge >= 0.3 is 0 Å². The Morgan fingerprint density at radius 1 is 1.15 bits per heavy atom. The number of hydrogen-bond acceptors (Lipinski definition) is 6. The van der Waals surface area contributed by atoms with E-state index in [1.807, 2.05) is 0 Å². The van der Waals surface area contributed by atoms with Crippen molar-refractivity contribution in [1.82, 2.24) is 0 Å². The lowest BCUT2D eigenvalue weighted by molar-refractivity contribution is 0.0808. The fourth-order valence-corrected chi connectivity index (χ4v) is 2.42. The van der Waals surface area contributed by atoms with Gasteiger partial charge in [-0.2, -0.15) is 0 Å². The molecule has 0 aromatic heterocycles. The van der Waals surface area contributed by atoms with E-state index in [9.17, 15) is 8.42 Å². The van der Waals surface area contributed by atoms with Gasteiger partial charge < -0.3 is 19.9 Å². The van der Waals surface area contributed by atoms with Crippen LogP contribution in [0.15, 0.2) is 23.1 Å². The van der Waals surface area contributed by atoms with Gasteiger partial charge in [0, 0.05) is 26.6 Å². The van der Waals surface area contributed by atoms with Gasteiger partial charge in [0.05, 0.1) is 17.2 Å². The summed E-state index contributed by atoms with van der Waals surface area (Å²) >= 11 is 0. The van der Waals surface area contributed by atoms with Crippen molar-refractivity contribution >= 4 is 15.5 Å². The van der Waals surface area contributed by atoms with Gasteiger partial charge in [-0.1, -0.05) is 6.07 Å². The summed E-state index contributed by atoms with van der Waals surface area (Å²) in [7, 11) is -1.71. The SMILES string of the molecule is COCCCOCCOc1cccc(S(C)(=O)=O)c1N. The summed E-state index contributed by atoms with van der Waals surface area (Å²) in [6.45, 7) is 1.97. The fourth-order valence-electron chi connectivity index (χ4n) is 1.59. The molecular weight excluding hydrogens is 282 g/mol. The monoisotopic (exact) mass is 303 g/mol. The van der Waals surface area contributed by atoms with Crippen molar-refractivity contribution in [1.29, 1.82) is 0 Å². The summed E-state index contributed by atoms with van der Waals surface area (Å²) in [6, 6.07) is 4.69. The third-order valence-corrected chi connectivity index (χ3v) is 3.70. The Balaban J connectivity index is 2.45. The lowest BCUT2D eigenvalue weighted by Crippen LogP contribution is -2.10. The van der Waals surface area contributed by atoms with Crippen LogP contribution in [0, 0.1) is 0 Å². The Morgan fingerprint density at radius 3 is 2.55 bits per heavy atom. The molecule has 7 heteroatoms. The predicted octanol–water partition coefficient (Wildman–Crippen LogP) is 1.10. The highest BCUT2D eigenvalue weighted by Gasteiger charge is 2.14. The number of rotatable bonds is 9. The maximum Gasteiger partial charge on any atom is 0.177 e. The molecule has 0 heterocycles. The molecule has 0 bridgehead atoms. The van der Waals surface area contributed by atoms with E-state index in [1.54, 1.807) is 19.2 Å². The Hall–Kier alpha value is -1.31. The molecule has 20 heavy (non-hydrogen) atoms. The first-order valence-corrected chi connectivity index (χ1v) is 8.14. The van der Waals surface area contributed by atoms with Crippen molar-refractivity contribution in [3.05, 3.63) is 18.2 Å². The van der Waals surface area contributed by atoms with E-state index in [1.165, 1.54) is 6.07 Å². The molecule has 0 aliphatic heterocycles. The molecule has 0 spiro atoms. The number of nitrogens with two attached hydrogens (primary N) is 1. The molecule has 0 saturated carbocycles. The minimum Gasteiger partial charge on any atom is -0.489 e. The van der Waals surface area contributed by atoms with Crippen LogP contribution in [0.5, 0.6) is 5.75 Å². The van der Waals surface area contributed by atoms with Crippen LogP contribution in [0.3, 0.4) is 0 Å². The smallest absolute Gasteiger partial charge is 0.177 e. The molecule has 114 valence electrons. The van der Waals surface area contributed by atoms with Gasteiger partial charge in [0.1, 0.15) is 12.4 Å². The average Bonchev–Trinajstić information content (AvgIpc) is 2.38. The molecular formula is C13H21NO5S. The zero-order chi connectivity index (χ0) is 15.0. The van der Waals surface area contributed by atoms with E-state index in [2.05, 4.69) is 0 Å². The molecule has 1 aromatic carbocycles. The van der Waals surface area contributed by atoms with E-state index in [0.29, 0.717) is 32.2 Å². The maximum absolute atomic E-state index is 11.5. The van der Waals surface area contributed by atoms with Crippen LogP contribution in [0.1, 0.15) is 6.42 Å². The number of para-hydroxylation sites is 1. The first kappa shape index (κ1) is 16.7. The number of anilines is 1. The predicted molar refractivity (Wildman–Crippen MR) is 76.8 cm³/mol. The summed E-state index contributed by atoms with van der Waals surface area (Å²) < 4.78 is 38.7. The summed E-state index contributed by atoms with van der Waals surface area (Å²) in [5.41, 5.74) is 5.92. The fraction of sp³-hybridized carbons (Fsp3) is 0.538. The highest BCUT2D eigenvalue weighted by molar-refractivity contribution is 7.90. The Labute approximate surface area is 119 Å².